The Labute approximate surface area is 135 Å². The number of thioether (sulfide) groups is 1. The minimum Gasteiger partial charge on any atom is -0.300 e. The van der Waals surface area contributed by atoms with Gasteiger partial charge in [-0.25, -0.2) is 9.38 Å². The number of benzene rings is 2. The summed E-state index contributed by atoms with van der Waals surface area (Å²) in [6, 6.07) is 13.2. The van der Waals surface area contributed by atoms with Gasteiger partial charge in [0.2, 0.25) is 0 Å². The van der Waals surface area contributed by atoms with Gasteiger partial charge in [0.1, 0.15) is 5.82 Å². The number of halogens is 2. The van der Waals surface area contributed by atoms with Crippen molar-refractivity contribution in [1.29, 1.82) is 0 Å². The molecule has 3 nitrogen and oxygen atoms in total. The van der Waals surface area contributed by atoms with Gasteiger partial charge < -0.3 is 5.32 Å². The molecular formula is C16H10ClFN2OS. The molecule has 1 heterocycles. The Hall–Kier alpha value is -2.11. The zero-order valence-electron chi connectivity index (χ0n) is 11.2. The summed E-state index contributed by atoms with van der Waals surface area (Å²) in [5.41, 5.74) is 1.20. The Morgan fingerprint density at radius 1 is 1.18 bits per heavy atom. The van der Waals surface area contributed by atoms with Crippen LogP contribution in [0, 0.1) is 5.82 Å². The predicted octanol–water partition coefficient (Wildman–Crippen LogP) is 4.37. The van der Waals surface area contributed by atoms with Crippen molar-refractivity contribution >= 4 is 46.2 Å². The molecule has 0 unspecified atom stereocenters. The minimum absolute atomic E-state index is 0.264. The number of amides is 1. The quantitative estimate of drug-likeness (QED) is 0.830. The van der Waals surface area contributed by atoms with Crippen LogP contribution in [0.25, 0.3) is 6.08 Å². The second-order valence-corrected chi connectivity index (χ2v) is 5.93. The van der Waals surface area contributed by atoms with E-state index in [1.54, 1.807) is 30.3 Å². The number of aliphatic imine (C=N–C) groups is 1. The Balaban J connectivity index is 1.86. The van der Waals surface area contributed by atoms with Gasteiger partial charge in [0, 0.05) is 0 Å². The van der Waals surface area contributed by atoms with Crippen LogP contribution in [0.1, 0.15) is 5.56 Å². The van der Waals surface area contributed by atoms with Gasteiger partial charge in [0.15, 0.2) is 5.17 Å². The van der Waals surface area contributed by atoms with E-state index in [0.29, 0.717) is 26.3 Å². The first kappa shape index (κ1) is 14.8. The first-order valence-corrected chi connectivity index (χ1v) is 7.61. The summed E-state index contributed by atoms with van der Waals surface area (Å²) in [4.78, 5) is 16.7. The van der Waals surface area contributed by atoms with E-state index in [9.17, 15) is 9.18 Å². The van der Waals surface area contributed by atoms with Gasteiger partial charge >= 0.3 is 0 Å². The van der Waals surface area contributed by atoms with Crippen LogP contribution in [0.15, 0.2) is 58.4 Å². The van der Waals surface area contributed by atoms with E-state index in [2.05, 4.69) is 10.3 Å². The van der Waals surface area contributed by atoms with Crippen LogP contribution >= 0.6 is 23.4 Å². The molecule has 0 bridgehead atoms. The summed E-state index contributed by atoms with van der Waals surface area (Å²) < 4.78 is 13.2. The van der Waals surface area contributed by atoms with Crippen molar-refractivity contribution in [2.45, 2.75) is 0 Å². The summed E-state index contributed by atoms with van der Waals surface area (Å²) in [6.07, 6.45) is 1.62. The second kappa shape index (κ2) is 6.34. The number of hydrogen-bond acceptors (Lipinski definition) is 3. The predicted molar refractivity (Wildman–Crippen MR) is 88.7 cm³/mol. The van der Waals surface area contributed by atoms with E-state index >= 15 is 0 Å². The maximum atomic E-state index is 13.2. The average Bonchev–Trinajstić information content (AvgIpc) is 2.81. The van der Waals surface area contributed by atoms with Gasteiger partial charge in [-0.05, 0) is 47.7 Å². The van der Waals surface area contributed by atoms with Gasteiger partial charge in [-0.1, -0.05) is 35.9 Å². The molecule has 2 aromatic rings. The van der Waals surface area contributed by atoms with Crippen LogP contribution in [0.5, 0.6) is 0 Å². The van der Waals surface area contributed by atoms with Crippen molar-refractivity contribution in [3.8, 4) is 0 Å². The van der Waals surface area contributed by atoms with E-state index in [1.165, 1.54) is 23.9 Å². The normalized spacial score (nSPS) is 18.0. The van der Waals surface area contributed by atoms with Gasteiger partial charge in [-0.3, -0.25) is 4.79 Å². The van der Waals surface area contributed by atoms with Crippen molar-refractivity contribution in [3.63, 3.8) is 0 Å². The van der Waals surface area contributed by atoms with Gasteiger partial charge in [0.05, 0.1) is 15.6 Å². The van der Waals surface area contributed by atoms with Crippen LogP contribution in [0.4, 0.5) is 10.1 Å². The average molecular weight is 333 g/mol. The molecule has 0 radical (unpaired) electrons. The Morgan fingerprint density at radius 2 is 2.00 bits per heavy atom. The number of rotatable bonds is 2. The zero-order valence-corrected chi connectivity index (χ0v) is 12.8. The Kier molecular flexibility index (Phi) is 4.27. The van der Waals surface area contributed by atoms with Crippen LogP contribution in [0.2, 0.25) is 5.02 Å². The molecule has 0 spiro atoms. The molecular weight excluding hydrogens is 323 g/mol. The standard InChI is InChI=1S/C16H10ClFN2OS/c17-12-6-1-2-7-13(12)19-16-20-15(21)14(22-16)9-10-4-3-5-11(18)8-10/h1-9H,(H,19,20,21)/b14-9+. The third-order valence-electron chi connectivity index (χ3n) is 2.87. The fourth-order valence-electron chi connectivity index (χ4n) is 1.88. The molecule has 22 heavy (non-hydrogen) atoms. The molecule has 0 atom stereocenters. The largest absolute Gasteiger partial charge is 0.300 e. The lowest BCUT2D eigenvalue weighted by atomic mass is 10.2. The van der Waals surface area contributed by atoms with Crippen molar-refractivity contribution in [3.05, 3.63) is 69.8 Å². The van der Waals surface area contributed by atoms with E-state index in [0.717, 1.165) is 0 Å². The fourth-order valence-corrected chi connectivity index (χ4v) is 2.89. The topological polar surface area (TPSA) is 41.5 Å². The van der Waals surface area contributed by atoms with Crippen molar-refractivity contribution in [2.75, 3.05) is 0 Å². The summed E-state index contributed by atoms with van der Waals surface area (Å²) >= 11 is 7.23. The number of carbonyl (C=O) groups excluding carboxylic acids is 1. The highest BCUT2D eigenvalue weighted by Gasteiger charge is 2.24. The second-order valence-electron chi connectivity index (χ2n) is 4.49. The first-order valence-electron chi connectivity index (χ1n) is 6.41. The third-order valence-corrected chi connectivity index (χ3v) is 4.10. The molecule has 1 aliphatic rings. The maximum Gasteiger partial charge on any atom is 0.264 e. The third kappa shape index (κ3) is 3.37. The molecule has 1 saturated heterocycles. The zero-order chi connectivity index (χ0) is 15.5. The highest BCUT2D eigenvalue weighted by atomic mass is 35.5. The van der Waals surface area contributed by atoms with Crippen molar-refractivity contribution in [2.24, 2.45) is 4.99 Å². The lowest BCUT2D eigenvalue weighted by molar-refractivity contribution is -0.115. The number of carbonyl (C=O) groups is 1. The van der Waals surface area contributed by atoms with Crippen LogP contribution in [0.3, 0.4) is 0 Å². The minimum atomic E-state index is -0.345. The van der Waals surface area contributed by atoms with Crippen LogP contribution in [-0.4, -0.2) is 11.1 Å². The lowest BCUT2D eigenvalue weighted by Gasteiger charge is -1.98. The van der Waals surface area contributed by atoms with E-state index in [4.69, 9.17) is 11.6 Å². The molecule has 6 heteroatoms. The van der Waals surface area contributed by atoms with E-state index in [-0.39, 0.29) is 11.7 Å². The molecule has 3 rings (SSSR count). The SMILES string of the molecule is O=C1NC(=Nc2ccccc2Cl)S/C1=C/c1cccc(F)c1. The molecule has 1 aliphatic heterocycles. The smallest absolute Gasteiger partial charge is 0.264 e. The number of hydrogen-bond donors (Lipinski definition) is 1. The highest BCUT2D eigenvalue weighted by Crippen LogP contribution is 2.30. The Bertz CT molecular complexity index is 804. The fraction of sp³-hybridized carbons (Fsp3) is 0. The molecule has 1 N–H and O–H groups in total. The molecule has 1 fully saturated rings. The van der Waals surface area contributed by atoms with Crippen LogP contribution in [-0.2, 0) is 4.79 Å². The summed E-state index contributed by atoms with van der Waals surface area (Å²) in [7, 11) is 0. The molecule has 0 aromatic heterocycles. The highest BCUT2D eigenvalue weighted by molar-refractivity contribution is 8.18. The van der Waals surface area contributed by atoms with Gasteiger partial charge in [-0.15, -0.1) is 0 Å². The molecule has 0 saturated carbocycles. The number of nitrogens with zero attached hydrogens (tertiary/aromatic N) is 1. The number of nitrogens with one attached hydrogen (secondary N) is 1. The molecule has 1 amide bonds. The lowest BCUT2D eigenvalue weighted by Crippen LogP contribution is -2.19. The van der Waals surface area contributed by atoms with Gasteiger partial charge in [-0.2, -0.15) is 0 Å². The van der Waals surface area contributed by atoms with E-state index in [1.807, 2.05) is 12.1 Å². The summed E-state index contributed by atoms with van der Waals surface area (Å²) in [5.74, 6) is -0.609. The Morgan fingerprint density at radius 3 is 2.77 bits per heavy atom. The van der Waals surface area contributed by atoms with Crippen molar-refractivity contribution in [1.82, 2.24) is 5.32 Å². The van der Waals surface area contributed by atoms with Gasteiger partial charge in [0.25, 0.3) is 5.91 Å². The maximum absolute atomic E-state index is 13.2. The molecule has 2 aromatic carbocycles. The van der Waals surface area contributed by atoms with E-state index < -0.39 is 0 Å². The number of amidine groups is 1. The first-order chi connectivity index (χ1) is 10.6. The monoisotopic (exact) mass is 332 g/mol. The van der Waals surface area contributed by atoms with Crippen molar-refractivity contribution < 1.29 is 9.18 Å². The molecule has 110 valence electrons. The molecule has 0 aliphatic carbocycles. The number of para-hydroxylation sites is 1. The summed E-state index contributed by atoms with van der Waals surface area (Å²) in [5, 5.41) is 3.62. The summed E-state index contributed by atoms with van der Waals surface area (Å²) in [6.45, 7) is 0. The van der Waals surface area contributed by atoms with Crippen LogP contribution < -0.4 is 5.32 Å².